The highest BCUT2D eigenvalue weighted by Gasteiger charge is 2.26. The van der Waals surface area contributed by atoms with E-state index in [1.165, 1.54) is 7.11 Å². The molecule has 4 rings (SSSR count). The van der Waals surface area contributed by atoms with E-state index in [1.807, 2.05) is 18.2 Å². The third-order valence-electron chi connectivity index (χ3n) is 5.35. The Kier molecular flexibility index (Phi) is 6.10. The maximum atomic E-state index is 12.6. The summed E-state index contributed by atoms with van der Waals surface area (Å²) in [5.74, 6) is 1.93. The normalized spacial score (nSPS) is 15.9. The Balaban J connectivity index is 1.31. The molecule has 1 fully saturated rings. The van der Waals surface area contributed by atoms with Gasteiger partial charge in [-0.2, -0.15) is 4.98 Å². The molecular weight excluding hydrogens is 404 g/mol. The first-order valence-electron chi connectivity index (χ1n) is 9.89. The first kappa shape index (κ1) is 20.5. The minimum absolute atomic E-state index is 0.0786. The molecule has 0 aliphatic carbocycles. The quantitative estimate of drug-likeness (QED) is 0.567. The van der Waals surface area contributed by atoms with E-state index < -0.39 is 9.84 Å². The van der Waals surface area contributed by atoms with Crippen LogP contribution in [0.1, 0.15) is 24.7 Å². The molecule has 0 radical (unpaired) electrons. The number of benzene rings is 1. The number of pyridine rings is 1. The summed E-state index contributed by atoms with van der Waals surface area (Å²) in [5, 5.41) is 4.05. The molecule has 0 unspecified atom stereocenters. The molecule has 158 valence electrons. The van der Waals surface area contributed by atoms with Crippen LogP contribution < -0.4 is 4.74 Å². The molecular formula is C21H24N4O4S. The number of aromatic nitrogens is 3. The molecule has 0 bridgehead atoms. The standard InChI is InChI=1S/C21H24N4O4S/c1-28-17-5-4-6-18(15-17)30(26,27)14-13-25-11-8-16(9-12-25)21-23-20(24-29-21)19-7-2-3-10-22-19/h2-7,10,15-16H,8-9,11-14H2,1H3. The summed E-state index contributed by atoms with van der Waals surface area (Å²) in [6.07, 6.45) is 3.40. The molecule has 1 aromatic carbocycles. The third-order valence-corrected chi connectivity index (χ3v) is 7.04. The van der Waals surface area contributed by atoms with Crippen LogP contribution in [0.25, 0.3) is 11.5 Å². The summed E-state index contributed by atoms with van der Waals surface area (Å²) >= 11 is 0. The molecule has 8 nitrogen and oxygen atoms in total. The number of likely N-dealkylation sites (tertiary alicyclic amines) is 1. The molecule has 0 saturated carbocycles. The summed E-state index contributed by atoms with van der Waals surface area (Å²) < 4.78 is 35.9. The van der Waals surface area contributed by atoms with E-state index in [1.54, 1.807) is 30.5 Å². The minimum atomic E-state index is -3.35. The predicted octanol–water partition coefficient (Wildman–Crippen LogP) is 2.79. The van der Waals surface area contributed by atoms with Gasteiger partial charge in [0.15, 0.2) is 9.84 Å². The highest BCUT2D eigenvalue weighted by atomic mass is 32.2. The lowest BCUT2D eigenvalue weighted by Gasteiger charge is -2.30. The van der Waals surface area contributed by atoms with Gasteiger partial charge < -0.3 is 14.2 Å². The van der Waals surface area contributed by atoms with Gasteiger partial charge in [0.05, 0.1) is 17.8 Å². The van der Waals surface area contributed by atoms with Gasteiger partial charge in [0.2, 0.25) is 11.7 Å². The lowest BCUT2D eigenvalue weighted by Crippen LogP contribution is -2.36. The molecule has 1 saturated heterocycles. The number of sulfone groups is 1. The summed E-state index contributed by atoms with van der Waals surface area (Å²) in [7, 11) is -1.83. The molecule has 3 aromatic rings. The monoisotopic (exact) mass is 428 g/mol. The summed E-state index contributed by atoms with van der Waals surface area (Å²) in [5.41, 5.74) is 0.688. The van der Waals surface area contributed by atoms with Crippen molar-refractivity contribution in [3.63, 3.8) is 0 Å². The second-order valence-corrected chi connectivity index (χ2v) is 9.39. The number of hydrogen-bond donors (Lipinski definition) is 0. The van der Waals surface area contributed by atoms with Gasteiger partial charge >= 0.3 is 0 Å². The Morgan fingerprint density at radius 1 is 1.17 bits per heavy atom. The van der Waals surface area contributed by atoms with Crippen LogP contribution in [0.2, 0.25) is 0 Å². The van der Waals surface area contributed by atoms with E-state index >= 15 is 0 Å². The smallest absolute Gasteiger partial charge is 0.230 e. The van der Waals surface area contributed by atoms with Crippen molar-refractivity contribution in [2.24, 2.45) is 0 Å². The lowest BCUT2D eigenvalue weighted by atomic mass is 9.97. The topological polar surface area (TPSA) is 98.4 Å². The molecule has 0 atom stereocenters. The van der Waals surface area contributed by atoms with Crippen molar-refractivity contribution in [1.82, 2.24) is 20.0 Å². The molecule has 9 heteroatoms. The van der Waals surface area contributed by atoms with Gasteiger partial charge in [-0.1, -0.05) is 17.3 Å². The van der Waals surface area contributed by atoms with E-state index in [-0.39, 0.29) is 11.7 Å². The largest absolute Gasteiger partial charge is 0.497 e. The van der Waals surface area contributed by atoms with Crippen LogP contribution >= 0.6 is 0 Å². The molecule has 1 aliphatic rings. The predicted molar refractivity (Wildman–Crippen MR) is 111 cm³/mol. The Morgan fingerprint density at radius 2 is 2.00 bits per heavy atom. The van der Waals surface area contributed by atoms with E-state index in [0.29, 0.717) is 34.6 Å². The number of methoxy groups -OCH3 is 1. The minimum Gasteiger partial charge on any atom is -0.497 e. The van der Waals surface area contributed by atoms with E-state index in [9.17, 15) is 8.42 Å². The second kappa shape index (κ2) is 8.93. The number of nitrogens with zero attached hydrogens (tertiary/aromatic N) is 4. The summed E-state index contributed by atoms with van der Waals surface area (Å²) in [6, 6.07) is 12.2. The second-order valence-electron chi connectivity index (χ2n) is 7.28. The van der Waals surface area contributed by atoms with Gasteiger partial charge in [-0.05, 0) is 56.3 Å². The van der Waals surface area contributed by atoms with Crippen molar-refractivity contribution in [3.05, 3.63) is 54.6 Å². The molecule has 0 N–H and O–H groups in total. The summed E-state index contributed by atoms with van der Waals surface area (Å²) in [4.78, 5) is 11.2. The van der Waals surface area contributed by atoms with Crippen LogP contribution in [0.3, 0.4) is 0 Å². The fourth-order valence-electron chi connectivity index (χ4n) is 3.57. The Labute approximate surface area is 175 Å². The Bertz CT molecular complexity index is 1080. The zero-order valence-electron chi connectivity index (χ0n) is 16.8. The van der Waals surface area contributed by atoms with Crippen LogP contribution in [-0.2, 0) is 9.84 Å². The SMILES string of the molecule is COc1cccc(S(=O)(=O)CCN2CCC(c3nc(-c4ccccn4)no3)CC2)c1. The van der Waals surface area contributed by atoms with Crippen LogP contribution in [0.5, 0.6) is 5.75 Å². The Hall–Kier alpha value is -2.78. The van der Waals surface area contributed by atoms with Crippen molar-refractivity contribution >= 4 is 9.84 Å². The van der Waals surface area contributed by atoms with Crippen molar-refractivity contribution in [2.45, 2.75) is 23.7 Å². The lowest BCUT2D eigenvalue weighted by molar-refractivity contribution is 0.203. The van der Waals surface area contributed by atoms with Crippen LogP contribution in [-0.4, -0.2) is 60.9 Å². The van der Waals surface area contributed by atoms with E-state index in [0.717, 1.165) is 25.9 Å². The zero-order chi connectivity index (χ0) is 21.0. The highest BCUT2D eigenvalue weighted by molar-refractivity contribution is 7.91. The van der Waals surface area contributed by atoms with Crippen LogP contribution in [0.4, 0.5) is 0 Å². The number of rotatable bonds is 7. The van der Waals surface area contributed by atoms with Crippen molar-refractivity contribution < 1.29 is 17.7 Å². The number of hydrogen-bond acceptors (Lipinski definition) is 8. The first-order valence-corrected chi connectivity index (χ1v) is 11.5. The molecule has 3 heterocycles. The van der Waals surface area contributed by atoms with Gasteiger partial charge in [0.1, 0.15) is 11.4 Å². The average molecular weight is 429 g/mol. The van der Waals surface area contributed by atoms with Crippen molar-refractivity contribution in [1.29, 1.82) is 0 Å². The van der Waals surface area contributed by atoms with Crippen LogP contribution in [0, 0.1) is 0 Å². The molecule has 0 amide bonds. The first-order chi connectivity index (χ1) is 14.5. The number of piperidine rings is 1. The molecule has 30 heavy (non-hydrogen) atoms. The van der Waals surface area contributed by atoms with Crippen molar-refractivity contribution in [2.75, 3.05) is 32.5 Å². The maximum Gasteiger partial charge on any atom is 0.230 e. The van der Waals surface area contributed by atoms with Gasteiger partial charge in [0, 0.05) is 18.7 Å². The fourth-order valence-corrected chi connectivity index (χ4v) is 4.88. The van der Waals surface area contributed by atoms with Gasteiger partial charge in [0.25, 0.3) is 0 Å². The van der Waals surface area contributed by atoms with E-state index in [2.05, 4.69) is 20.0 Å². The van der Waals surface area contributed by atoms with Crippen molar-refractivity contribution in [3.8, 4) is 17.3 Å². The highest BCUT2D eigenvalue weighted by Crippen LogP contribution is 2.28. The summed E-state index contributed by atoms with van der Waals surface area (Å²) in [6.45, 7) is 2.08. The number of ether oxygens (including phenoxy) is 1. The maximum absolute atomic E-state index is 12.6. The third kappa shape index (κ3) is 4.68. The van der Waals surface area contributed by atoms with Gasteiger partial charge in [-0.3, -0.25) is 4.98 Å². The Morgan fingerprint density at radius 3 is 2.73 bits per heavy atom. The van der Waals surface area contributed by atoms with Crippen LogP contribution in [0.15, 0.2) is 58.1 Å². The van der Waals surface area contributed by atoms with E-state index in [4.69, 9.17) is 9.26 Å². The molecule has 2 aromatic heterocycles. The average Bonchev–Trinajstić information content (AvgIpc) is 3.29. The van der Waals surface area contributed by atoms with Gasteiger partial charge in [-0.15, -0.1) is 0 Å². The molecule has 0 spiro atoms. The van der Waals surface area contributed by atoms with Gasteiger partial charge in [-0.25, -0.2) is 8.42 Å². The zero-order valence-corrected chi connectivity index (χ0v) is 17.6. The molecule has 1 aliphatic heterocycles. The fraction of sp³-hybridized carbons (Fsp3) is 0.381.